The van der Waals surface area contributed by atoms with Crippen LogP contribution in [0.15, 0.2) is 97.3 Å². The zero-order valence-electron chi connectivity index (χ0n) is 15.9. The van der Waals surface area contributed by atoms with Crippen molar-refractivity contribution in [2.24, 2.45) is 0 Å². The Labute approximate surface area is 173 Å². The first kappa shape index (κ1) is 19.0. The largest absolute Gasteiger partial charge is 0.321 e. The van der Waals surface area contributed by atoms with Gasteiger partial charge < -0.3 is 10.6 Å². The van der Waals surface area contributed by atoms with Crippen LogP contribution in [0, 0.1) is 0 Å². The molecule has 4 rings (SSSR count). The summed E-state index contributed by atoms with van der Waals surface area (Å²) in [5.41, 5.74) is 3.67. The molecule has 0 fully saturated rings. The number of hydrogen-bond acceptors (Lipinski definition) is 4. The van der Waals surface area contributed by atoms with Crippen molar-refractivity contribution in [1.29, 1.82) is 0 Å². The van der Waals surface area contributed by atoms with Gasteiger partial charge in [-0.15, -0.1) is 0 Å². The Balaban J connectivity index is 1.41. The van der Waals surface area contributed by atoms with Gasteiger partial charge in [-0.1, -0.05) is 36.4 Å². The normalized spacial score (nSPS) is 10.3. The molecule has 0 spiro atoms. The van der Waals surface area contributed by atoms with Gasteiger partial charge in [0.05, 0.1) is 35.2 Å². The molecule has 146 valence electrons. The Morgan fingerprint density at radius 2 is 0.933 bits per heavy atom. The molecule has 4 aromatic rings. The molecule has 6 nitrogen and oxygen atoms in total. The summed E-state index contributed by atoms with van der Waals surface area (Å²) in [6.07, 6.45) is 3.17. The van der Waals surface area contributed by atoms with Gasteiger partial charge in [-0.05, 0) is 48.5 Å². The minimum absolute atomic E-state index is 0.193. The van der Waals surface area contributed by atoms with Crippen molar-refractivity contribution < 1.29 is 9.59 Å². The highest BCUT2D eigenvalue weighted by Gasteiger charge is 2.08. The third kappa shape index (κ3) is 4.56. The number of amides is 2. The lowest BCUT2D eigenvalue weighted by atomic mass is 10.2. The maximum atomic E-state index is 12.2. The predicted octanol–water partition coefficient (Wildman–Crippen LogP) is 4.65. The summed E-state index contributed by atoms with van der Waals surface area (Å²) in [5.74, 6) is -0.386. The van der Waals surface area contributed by atoms with E-state index in [2.05, 4.69) is 20.6 Å². The van der Waals surface area contributed by atoms with E-state index in [1.807, 2.05) is 36.4 Å². The molecule has 30 heavy (non-hydrogen) atoms. The molecule has 2 N–H and O–H groups in total. The molecule has 0 saturated carbocycles. The summed E-state index contributed by atoms with van der Waals surface area (Å²) in [6, 6.07) is 25.1. The first-order chi connectivity index (χ1) is 14.7. The number of nitrogens with zero attached hydrogens (tertiary/aromatic N) is 2. The molecular weight excluding hydrogens is 376 g/mol. The molecule has 2 aromatic carbocycles. The number of carbonyl (C=O) groups excluding carboxylic acids is 2. The van der Waals surface area contributed by atoms with Gasteiger partial charge in [0.25, 0.3) is 11.8 Å². The van der Waals surface area contributed by atoms with E-state index in [4.69, 9.17) is 0 Å². The number of rotatable bonds is 5. The zero-order chi connectivity index (χ0) is 20.8. The van der Waals surface area contributed by atoms with Gasteiger partial charge in [0.15, 0.2) is 0 Å². The second-order valence-electron chi connectivity index (χ2n) is 6.50. The number of pyridine rings is 2. The first-order valence-electron chi connectivity index (χ1n) is 9.34. The van der Waals surface area contributed by atoms with Gasteiger partial charge in [0.2, 0.25) is 0 Å². The van der Waals surface area contributed by atoms with Crippen LogP contribution in [0.3, 0.4) is 0 Å². The topological polar surface area (TPSA) is 84.0 Å². The Hall–Kier alpha value is -4.32. The lowest BCUT2D eigenvalue weighted by Gasteiger charge is -2.07. The SMILES string of the molecule is O=C(Nc1ccc(-c2ccc(NC(=O)c3ccccc3)cn2)nc1)c1ccccc1. The van der Waals surface area contributed by atoms with E-state index in [-0.39, 0.29) is 11.8 Å². The van der Waals surface area contributed by atoms with Crippen LogP contribution < -0.4 is 10.6 Å². The fourth-order valence-electron chi connectivity index (χ4n) is 2.82. The number of nitrogens with one attached hydrogen (secondary N) is 2. The summed E-state index contributed by atoms with van der Waals surface area (Å²) < 4.78 is 0. The van der Waals surface area contributed by atoms with Gasteiger partial charge in [0, 0.05) is 11.1 Å². The molecule has 0 saturated heterocycles. The van der Waals surface area contributed by atoms with Crippen LogP contribution in [-0.4, -0.2) is 21.8 Å². The summed E-state index contributed by atoms with van der Waals surface area (Å²) in [5, 5.41) is 5.63. The number of carbonyl (C=O) groups is 2. The van der Waals surface area contributed by atoms with E-state index in [1.54, 1.807) is 60.9 Å². The van der Waals surface area contributed by atoms with Crippen molar-refractivity contribution in [2.75, 3.05) is 10.6 Å². The average Bonchev–Trinajstić information content (AvgIpc) is 2.81. The van der Waals surface area contributed by atoms with Crippen molar-refractivity contribution in [3.8, 4) is 11.4 Å². The van der Waals surface area contributed by atoms with E-state index in [0.717, 1.165) is 0 Å². The van der Waals surface area contributed by atoms with Crippen molar-refractivity contribution in [3.63, 3.8) is 0 Å². The summed E-state index contributed by atoms with van der Waals surface area (Å²) in [4.78, 5) is 33.2. The molecule has 0 aliphatic heterocycles. The maximum Gasteiger partial charge on any atom is 0.255 e. The van der Waals surface area contributed by atoms with Crippen molar-refractivity contribution in [2.45, 2.75) is 0 Å². The van der Waals surface area contributed by atoms with Crippen LogP contribution in [-0.2, 0) is 0 Å². The fourth-order valence-corrected chi connectivity index (χ4v) is 2.82. The molecule has 0 bridgehead atoms. The fraction of sp³-hybridized carbons (Fsp3) is 0. The smallest absolute Gasteiger partial charge is 0.255 e. The van der Waals surface area contributed by atoms with Crippen molar-refractivity contribution >= 4 is 23.2 Å². The molecule has 0 radical (unpaired) electrons. The Bertz CT molecular complexity index is 1050. The molecule has 0 atom stereocenters. The van der Waals surface area contributed by atoms with Gasteiger partial charge in [-0.3, -0.25) is 19.6 Å². The molecule has 6 heteroatoms. The van der Waals surface area contributed by atoms with E-state index in [9.17, 15) is 9.59 Å². The van der Waals surface area contributed by atoms with Gasteiger partial charge >= 0.3 is 0 Å². The van der Waals surface area contributed by atoms with Crippen LogP contribution in [0.1, 0.15) is 20.7 Å². The molecule has 2 amide bonds. The Morgan fingerprint density at radius 1 is 0.533 bits per heavy atom. The van der Waals surface area contributed by atoms with Gasteiger partial charge in [0.1, 0.15) is 0 Å². The first-order valence-corrected chi connectivity index (χ1v) is 9.34. The number of anilines is 2. The highest BCUT2D eigenvalue weighted by atomic mass is 16.2. The van der Waals surface area contributed by atoms with Gasteiger partial charge in [-0.2, -0.15) is 0 Å². The van der Waals surface area contributed by atoms with Gasteiger partial charge in [-0.25, -0.2) is 0 Å². The zero-order valence-corrected chi connectivity index (χ0v) is 15.9. The molecule has 2 aromatic heterocycles. The Morgan fingerprint density at radius 3 is 1.27 bits per heavy atom. The average molecular weight is 394 g/mol. The highest BCUT2D eigenvalue weighted by molar-refractivity contribution is 6.04. The van der Waals surface area contributed by atoms with Crippen molar-refractivity contribution in [1.82, 2.24) is 9.97 Å². The lowest BCUT2D eigenvalue weighted by molar-refractivity contribution is 0.101. The standard InChI is InChI=1S/C24H18N4O2/c29-23(17-7-3-1-4-8-17)27-19-11-13-21(25-15-19)22-14-12-20(16-26-22)28-24(30)18-9-5-2-6-10-18/h1-16H,(H,27,29)(H,28,30). The molecule has 0 unspecified atom stereocenters. The third-order valence-corrected chi connectivity index (χ3v) is 4.38. The maximum absolute atomic E-state index is 12.2. The minimum atomic E-state index is -0.193. The number of hydrogen-bond donors (Lipinski definition) is 2. The molecule has 0 aliphatic rings. The van der Waals surface area contributed by atoms with E-state index in [0.29, 0.717) is 33.9 Å². The Kier molecular flexibility index (Phi) is 5.57. The minimum Gasteiger partial charge on any atom is -0.321 e. The van der Waals surface area contributed by atoms with E-state index < -0.39 is 0 Å². The monoisotopic (exact) mass is 394 g/mol. The van der Waals surface area contributed by atoms with Crippen LogP contribution in [0.4, 0.5) is 11.4 Å². The van der Waals surface area contributed by atoms with Crippen LogP contribution in [0.5, 0.6) is 0 Å². The number of benzene rings is 2. The molecule has 2 heterocycles. The van der Waals surface area contributed by atoms with E-state index >= 15 is 0 Å². The summed E-state index contributed by atoms with van der Waals surface area (Å²) >= 11 is 0. The predicted molar refractivity (Wildman–Crippen MR) is 116 cm³/mol. The van der Waals surface area contributed by atoms with E-state index in [1.165, 1.54) is 0 Å². The van der Waals surface area contributed by atoms with Crippen LogP contribution >= 0.6 is 0 Å². The lowest BCUT2D eigenvalue weighted by Crippen LogP contribution is -2.12. The second-order valence-corrected chi connectivity index (χ2v) is 6.50. The highest BCUT2D eigenvalue weighted by Crippen LogP contribution is 2.19. The van der Waals surface area contributed by atoms with Crippen molar-refractivity contribution in [3.05, 3.63) is 108 Å². The summed E-state index contributed by atoms with van der Waals surface area (Å²) in [7, 11) is 0. The van der Waals surface area contributed by atoms with Crippen LogP contribution in [0.25, 0.3) is 11.4 Å². The quantitative estimate of drug-likeness (QED) is 0.516. The van der Waals surface area contributed by atoms with Crippen LogP contribution in [0.2, 0.25) is 0 Å². The molecular formula is C24H18N4O2. The third-order valence-electron chi connectivity index (χ3n) is 4.38. The summed E-state index contributed by atoms with van der Waals surface area (Å²) in [6.45, 7) is 0. The number of aromatic nitrogens is 2. The molecule has 0 aliphatic carbocycles. The second kappa shape index (κ2) is 8.79.